The summed E-state index contributed by atoms with van der Waals surface area (Å²) < 4.78 is 0. The first-order chi connectivity index (χ1) is 5.29. The van der Waals surface area contributed by atoms with Gasteiger partial charge >= 0.3 is 0 Å². The van der Waals surface area contributed by atoms with E-state index in [2.05, 4.69) is 48.8 Å². The summed E-state index contributed by atoms with van der Waals surface area (Å²) in [6.45, 7) is 0. The largest absolute Gasteiger partial charge is 0.130 e. The fourth-order valence-electron chi connectivity index (χ4n) is 0.707. The first kappa shape index (κ1) is 9.79. The standard InChI is InChI=1S/C7H9PS3/c9-8(10)11-6-7-4-2-1-3-5-7/h1-5,9-10H,6H2. The van der Waals surface area contributed by atoms with Crippen molar-refractivity contribution < 1.29 is 0 Å². The van der Waals surface area contributed by atoms with Crippen molar-refractivity contribution in [1.82, 2.24) is 0 Å². The van der Waals surface area contributed by atoms with Crippen LogP contribution >= 0.6 is 41.4 Å². The van der Waals surface area contributed by atoms with Gasteiger partial charge in [-0.2, -0.15) is 0 Å². The molecule has 0 saturated heterocycles. The number of hydrogen-bond acceptors (Lipinski definition) is 3. The second-order valence-electron chi connectivity index (χ2n) is 2.01. The molecule has 0 bridgehead atoms. The van der Waals surface area contributed by atoms with Crippen molar-refractivity contribution in [3.05, 3.63) is 35.9 Å². The zero-order chi connectivity index (χ0) is 8.10. The van der Waals surface area contributed by atoms with E-state index in [1.54, 1.807) is 11.4 Å². The van der Waals surface area contributed by atoms with Crippen LogP contribution in [0.3, 0.4) is 0 Å². The molecule has 1 aromatic rings. The lowest BCUT2D eigenvalue weighted by molar-refractivity contribution is 1.43. The van der Waals surface area contributed by atoms with E-state index in [0.29, 0.717) is 0 Å². The summed E-state index contributed by atoms with van der Waals surface area (Å²) in [6, 6.07) is 10.4. The minimum absolute atomic E-state index is 0.419. The summed E-state index contributed by atoms with van der Waals surface area (Å²) in [5.74, 6) is 1.01. The Balaban J connectivity index is 2.39. The van der Waals surface area contributed by atoms with E-state index in [1.807, 2.05) is 6.07 Å². The van der Waals surface area contributed by atoms with Crippen molar-refractivity contribution in [1.29, 1.82) is 0 Å². The molecular formula is C7H9PS3. The number of rotatable bonds is 3. The summed E-state index contributed by atoms with van der Waals surface area (Å²) in [5, 5.41) is 0. The monoisotopic (exact) mass is 220 g/mol. The molecule has 1 aromatic carbocycles. The van der Waals surface area contributed by atoms with E-state index >= 15 is 0 Å². The third-order valence-corrected chi connectivity index (χ3v) is 5.04. The van der Waals surface area contributed by atoms with Gasteiger partial charge in [0.1, 0.15) is 0 Å². The van der Waals surface area contributed by atoms with Crippen LogP contribution in [-0.4, -0.2) is 0 Å². The SMILES string of the molecule is SP(S)SCc1ccccc1. The zero-order valence-electron chi connectivity index (χ0n) is 5.84. The Kier molecular flexibility index (Phi) is 4.77. The van der Waals surface area contributed by atoms with Gasteiger partial charge in [0.05, 0.1) is 5.53 Å². The van der Waals surface area contributed by atoms with E-state index in [4.69, 9.17) is 0 Å². The lowest BCUT2D eigenvalue weighted by Crippen LogP contribution is -1.74. The van der Waals surface area contributed by atoms with Crippen LogP contribution in [0.15, 0.2) is 30.3 Å². The highest BCUT2D eigenvalue weighted by molar-refractivity contribution is 9.05. The second kappa shape index (κ2) is 5.36. The van der Waals surface area contributed by atoms with Gasteiger partial charge in [-0.3, -0.25) is 0 Å². The van der Waals surface area contributed by atoms with E-state index in [9.17, 15) is 0 Å². The predicted molar refractivity (Wildman–Crippen MR) is 62.6 cm³/mol. The normalized spacial score (nSPS) is 10.5. The maximum absolute atomic E-state index is 4.22. The molecule has 0 aliphatic carbocycles. The highest BCUT2D eigenvalue weighted by Crippen LogP contribution is 2.59. The minimum Gasteiger partial charge on any atom is -0.130 e. The average Bonchev–Trinajstić information content (AvgIpc) is 2.03. The Morgan fingerprint density at radius 3 is 2.36 bits per heavy atom. The number of benzene rings is 1. The molecule has 0 fully saturated rings. The summed E-state index contributed by atoms with van der Waals surface area (Å²) in [5.41, 5.74) is 0.922. The van der Waals surface area contributed by atoms with Crippen molar-refractivity contribution in [2.75, 3.05) is 0 Å². The topological polar surface area (TPSA) is 0 Å². The first-order valence-electron chi connectivity index (χ1n) is 3.14. The Labute approximate surface area is 83.0 Å². The van der Waals surface area contributed by atoms with Gasteiger partial charge in [0.15, 0.2) is 0 Å². The van der Waals surface area contributed by atoms with E-state index < -0.39 is 5.53 Å². The van der Waals surface area contributed by atoms with Crippen LogP contribution in [0.1, 0.15) is 5.56 Å². The van der Waals surface area contributed by atoms with Gasteiger partial charge in [-0.1, -0.05) is 30.3 Å². The van der Waals surface area contributed by atoms with E-state index in [1.165, 1.54) is 5.56 Å². The van der Waals surface area contributed by atoms with Crippen LogP contribution in [0.4, 0.5) is 0 Å². The highest BCUT2D eigenvalue weighted by Gasteiger charge is 1.96. The molecule has 60 valence electrons. The number of hydrogen-bond donors (Lipinski definition) is 2. The maximum Gasteiger partial charge on any atom is 0.0669 e. The third-order valence-electron chi connectivity index (χ3n) is 1.19. The molecule has 11 heavy (non-hydrogen) atoms. The van der Waals surface area contributed by atoms with Gasteiger partial charge < -0.3 is 0 Å². The molecule has 0 saturated carbocycles. The lowest BCUT2D eigenvalue weighted by Gasteiger charge is -2.01. The smallest absolute Gasteiger partial charge is 0.0669 e. The second-order valence-corrected chi connectivity index (χ2v) is 9.90. The molecule has 0 atom stereocenters. The van der Waals surface area contributed by atoms with Crippen molar-refractivity contribution in [2.24, 2.45) is 0 Å². The molecule has 0 aromatic heterocycles. The van der Waals surface area contributed by atoms with Crippen molar-refractivity contribution in [2.45, 2.75) is 5.75 Å². The van der Waals surface area contributed by atoms with Gasteiger partial charge in [-0.05, 0) is 5.56 Å². The van der Waals surface area contributed by atoms with Crippen LogP contribution in [0.2, 0.25) is 0 Å². The van der Waals surface area contributed by atoms with Gasteiger partial charge in [0, 0.05) is 5.75 Å². The molecule has 0 aliphatic rings. The predicted octanol–water partition coefficient (Wildman–Crippen LogP) is 4.01. The quantitative estimate of drug-likeness (QED) is 0.573. The average molecular weight is 220 g/mol. The fraction of sp³-hybridized carbons (Fsp3) is 0.143. The summed E-state index contributed by atoms with van der Waals surface area (Å²) in [4.78, 5) is 0. The Morgan fingerprint density at radius 1 is 1.18 bits per heavy atom. The molecule has 0 aliphatic heterocycles. The molecule has 0 heterocycles. The molecule has 0 radical (unpaired) electrons. The molecule has 0 nitrogen and oxygen atoms in total. The Bertz CT molecular complexity index is 200. The van der Waals surface area contributed by atoms with Crippen LogP contribution in [-0.2, 0) is 5.75 Å². The van der Waals surface area contributed by atoms with E-state index in [-0.39, 0.29) is 0 Å². The zero-order valence-corrected chi connectivity index (χ0v) is 9.34. The molecule has 0 spiro atoms. The van der Waals surface area contributed by atoms with Gasteiger partial charge in [0.25, 0.3) is 0 Å². The van der Waals surface area contributed by atoms with Crippen molar-refractivity contribution >= 4 is 41.4 Å². The van der Waals surface area contributed by atoms with Crippen LogP contribution in [0.5, 0.6) is 0 Å². The molecule has 0 unspecified atom stereocenters. The minimum atomic E-state index is -0.419. The van der Waals surface area contributed by atoms with Gasteiger partial charge in [-0.15, -0.1) is 35.9 Å². The fourth-order valence-corrected chi connectivity index (χ4v) is 3.00. The van der Waals surface area contributed by atoms with Crippen molar-refractivity contribution in [3.63, 3.8) is 0 Å². The summed E-state index contributed by atoms with van der Waals surface area (Å²) in [6.07, 6.45) is 0. The van der Waals surface area contributed by atoms with Crippen LogP contribution in [0.25, 0.3) is 0 Å². The molecule has 0 N–H and O–H groups in total. The molecule has 4 heteroatoms. The molecule has 1 rings (SSSR count). The van der Waals surface area contributed by atoms with Gasteiger partial charge in [0.2, 0.25) is 0 Å². The van der Waals surface area contributed by atoms with Crippen LogP contribution in [0, 0.1) is 0 Å². The Morgan fingerprint density at radius 2 is 1.82 bits per heavy atom. The first-order valence-corrected chi connectivity index (χ1v) is 8.37. The highest BCUT2D eigenvalue weighted by atomic mass is 33.3. The summed E-state index contributed by atoms with van der Waals surface area (Å²) >= 11 is 10.2. The van der Waals surface area contributed by atoms with Crippen molar-refractivity contribution in [3.8, 4) is 0 Å². The van der Waals surface area contributed by atoms with E-state index in [0.717, 1.165) is 5.75 Å². The van der Waals surface area contributed by atoms with Gasteiger partial charge in [-0.25, -0.2) is 0 Å². The molecular weight excluding hydrogens is 211 g/mol. The summed E-state index contributed by atoms with van der Waals surface area (Å²) in [7, 11) is 0. The lowest BCUT2D eigenvalue weighted by atomic mass is 10.2. The Hall–Kier alpha value is 0.700. The maximum atomic E-state index is 4.22. The number of thiol groups is 2. The third kappa shape index (κ3) is 4.32. The van der Waals surface area contributed by atoms with Crippen LogP contribution < -0.4 is 0 Å². The molecule has 0 amide bonds.